The smallest absolute Gasteiger partial charge is 0.00598 e. The summed E-state index contributed by atoms with van der Waals surface area (Å²) in [6.45, 7) is 0. The van der Waals surface area contributed by atoms with Gasteiger partial charge in [-0.15, -0.1) is 0 Å². The van der Waals surface area contributed by atoms with E-state index in [0.29, 0.717) is 23.2 Å². The first-order valence-corrected chi connectivity index (χ1v) is 18.6. The molecule has 0 aliphatic heterocycles. The molecule has 0 N–H and O–H groups in total. The number of benzene rings is 5. The summed E-state index contributed by atoms with van der Waals surface area (Å²) >= 11 is 0. The lowest BCUT2D eigenvalue weighted by molar-refractivity contribution is 0.673. The molecular weight excluding hydrogens is 542 g/mol. The van der Waals surface area contributed by atoms with Gasteiger partial charge in [-0.05, 0) is 97.0 Å². The average Bonchev–Trinajstić information content (AvgIpc) is 3.74. The summed E-state index contributed by atoms with van der Waals surface area (Å²) in [6.07, 6.45) is 7.92. The van der Waals surface area contributed by atoms with Gasteiger partial charge in [0.1, 0.15) is 0 Å². The highest BCUT2D eigenvalue weighted by molar-refractivity contribution is 7.74. The molecule has 5 aromatic carbocycles. The maximum absolute atomic E-state index is 2.52. The van der Waals surface area contributed by atoms with Gasteiger partial charge in [0.05, 0.1) is 0 Å². The molecule has 0 saturated heterocycles. The van der Waals surface area contributed by atoms with Crippen LogP contribution in [0.15, 0.2) is 146 Å². The van der Waals surface area contributed by atoms with Crippen LogP contribution in [0.1, 0.15) is 61.5 Å². The van der Waals surface area contributed by atoms with Crippen LogP contribution < -0.4 is 21.2 Å². The van der Waals surface area contributed by atoms with Crippen LogP contribution in [-0.2, 0) is 0 Å². The van der Waals surface area contributed by atoms with Crippen molar-refractivity contribution < 1.29 is 0 Å². The van der Waals surface area contributed by atoms with Gasteiger partial charge in [-0.1, -0.05) is 158 Å². The van der Waals surface area contributed by atoms with Crippen LogP contribution in [0.3, 0.4) is 0 Å². The minimum atomic E-state index is -0.431. The molecule has 7 rings (SSSR count). The lowest BCUT2D eigenvalue weighted by Gasteiger charge is -2.35. The van der Waals surface area contributed by atoms with E-state index >= 15 is 0 Å². The third kappa shape index (κ3) is 5.65. The minimum absolute atomic E-state index is 0.431. The van der Waals surface area contributed by atoms with Gasteiger partial charge in [-0.3, -0.25) is 0 Å². The van der Waals surface area contributed by atoms with Gasteiger partial charge in [-0.2, -0.15) is 0 Å². The Kier molecular flexibility index (Phi) is 8.65. The SMILES string of the molecule is c1ccc(P(c2ccccc2)C2CCCC2c2ccccc2C2CCCC2P(c2ccccc2)c2ccccc2)cc1. The maximum Gasteiger partial charge on any atom is -0.00598 e. The van der Waals surface area contributed by atoms with Gasteiger partial charge >= 0.3 is 0 Å². The summed E-state index contributed by atoms with van der Waals surface area (Å²) in [4.78, 5) is 0. The highest BCUT2D eigenvalue weighted by Crippen LogP contribution is 2.58. The van der Waals surface area contributed by atoms with E-state index in [1.165, 1.54) is 59.7 Å². The molecule has 0 aromatic heterocycles. The molecule has 210 valence electrons. The molecule has 0 bridgehead atoms. The Morgan fingerprint density at radius 1 is 0.333 bits per heavy atom. The van der Waals surface area contributed by atoms with E-state index in [9.17, 15) is 0 Å². The maximum atomic E-state index is 2.52. The van der Waals surface area contributed by atoms with Crippen molar-refractivity contribution in [2.24, 2.45) is 0 Å². The van der Waals surface area contributed by atoms with Crippen LogP contribution >= 0.6 is 15.8 Å². The second-order valence-electron chi connectivity index (χ2n) is 11.9. The van der Waals surface area contributed by atoms with Crippen molar-refractivity contribution >= 4 is 37.1 Å². The fourth-order valence-corrected chi connectivity index (χ4v) is 14.2. The zero-order valence-corrected chi connectivity index (χ0v) is 26.1. The van der Waals surface area contributed by atoms with E-state index in [-0.39, 0.29) is 0 Å². The molecule has 5 aromatic rings. The van der Waals surface area contributed by atoms with Crippen molar-refractivity contribution in [2.75, 3.05) is 0 Å². The Morgan fingerprint density at radius 2 is 0.619 bits per heavy atom. The molecule has 2 heteroatoms. The summed E-state index contributed by atoms with van der Waals surface area (Å²) in [5.41, 5.74) is 4.67. The molecule has 0 heterocycles. The number of rotatable bonds is 8. The van der Waals surface area contributed by atoms with E-state index in [1.807, 2.05) is 0 Å². The fourth-order valence-electron chi connectivity index (χ4n) is 7.83. The second-order valence-corrected chi connectivity index (χ2v) is 16.8. The van der Waals surface area contributed by atoms with Crippen molar-refractivity contribution in [1.29, 1.82) is 0 Å². The van der Waals surface area contributed by atoms with Crippen molar-refractivity contribution in [1.82, 2.24) is 0 Å². The number of hydrogen-bond donors (Lipinski definition) is 0. The quantitative estimate of drug-likeness (QED) is 0.160. The molecule has 2 aliphatic rings. The van der Waals surface area contributed by atoms with Gasteiger partial charge in [0.25, 0.3) is 0 Å². The van der Waals surface area contributed by atoms with Crippen molar-refractivity contribution in [2.45, 2.75) is 61.7 Å². The van der Waals surface area contributed by atoms with Gasteiger partial charge in [0.15, 0.2) is 0 Å². The standard InChI is InChI=1S/C40H40P2/c1-5-17-31(18-6-1)41(32-19-7-2-8-20-32)39-29-15-27-37(39)35-25-13-14-26-36(35)38-28-16-30-40(38)42(33-21-9-3-10-22-33)34-23-11-4-12-24-34/h1-14,17-26,37-40H,15-16,27-30H2. The lowest BCUT2D eigenvalue weighted by Crippen LogP contribution is -2.26. The summed E-state index contributed by atoms with van der Waals surface area (Å²) in [5, 5.41) is 6.12. The van der Waals surface area contributed by atoms with Crippen molar-refractivity contribution in [3.05, 3.63) is 157 Å². The van der Waals surface area contributed by atoms with Crippen molar-refractivity contribution in [3.8, 4) is 0 Å². The molecule has 0 radical (unpaired) electrons. The van der Waals surface area contributed by atoms with Crippen LogP contribution in [0.2, 0.25) is 0 Å². The van der Waals surface area contributed by atoms with Gasteiger partial charge in [0, 0.05) is 0 Å². The Labute approximate surface area is 254 Å². The predicted molar refractivity (Wildman–Crippen MR) is 185 cm³/mol. The van der Waals surface area contributed by atoms with Gasteiger partial charge in [0.2, 0.25) is 0 Å². The molecule has 0 spiro atoms. The summed E-state index contributed by atoms with van der Waals surface area (Å²) in [6, 6.07) is 55.4. The molecule has 2 saturated carbocycles. The van der Waals surface area contributed by atoms with Crippen LogP contribution in [0.25, 0.3) is 0 Å². The monoisotopic (exact) mass is 582 g/mol. The van der Waals surface area contributed by atoms with Gasteiger partial charge < -0.3 is 0 Å². The Bertz CT molecular complexity index is 1350. The molecule has 42 heavy (non-hydrogen) atoms. The molecule has 4 atom stereocenters. The van der Waals surface area contributed by atoms with Crippen molar-refractivity contribution in [3.63, 3.8) is 0 Å². The minimum Gasteiger partial charge on any atom is -0.0622 e. The first-order chi connectivity index (χ1) is 20.9. The first kappa shape index (κ1) is 27.8. The molecule has 0 nitrogen and oxygen atoms in total. The summed E-state index contributed by atoms with van der Waals surface area (Å²) < 4.78 is 0. The Balaban J connectivity index is 1.28. The summed E-state index contributed by atoms with van der Waals surface area (Å²) in [7, 11) is -0.862. The molecule has 2 aliphatic carbocycles. The second kappa shape index (κ2) is 13.1. The highest BCUT2D eigenvalue weighted by atomic mass is 31.1. The zero-order chi connectivity index (χ0) is 28.1. The van der Waals surface area contributed by atoms with Gasteiger partial charge in [-0.25, -0.2) is 0 Å². The Morgan fingerprint density at radius 3 is 0.929 bits per heavy atom. The van der Waals surface area contributed by atoms with E-state index < -0.39 is 15.8 Å². The first-order valence-electron chi connectivity index (χ1n) is 15.8. The number of hydrogen-bond acceptors (Lipinski definition) is 0. The topological polar surface area (TPSA) is 0 Å². The lowest BCUT2D eigenvalue weighted by atomic mass is 9.85. The van der Waals surface area contributed by atoms with Crippen LogP contribution in [0.4, 0.5) is 0 Å². The molecular formula is C40H40P2. The summed E-state index contributed by atoms with van der Waals surface area (Å²) in [5.74, 6) is 1.24. The molecule has 0 amide bonds. The molecule has 4 unspecified atom stereocenters. The van der Waals surface area contributed by atoms with E-state index in [1.54, 1.807) is 11.1 Å². The van der Waals surface area contributed by atoms with Crippen LogP contribution in [0, 0.1) is 0 Å². The third-order valence-corrected chi connectivity index (χ3v) is 15.5. The van der Waals surface area contributed by atoms with Crippen LogP contribution in [0.5, 0.6) is 0 Å². The van der Waals surface area contributed by atoms with E-state index in [2.05, 4.69) is 146 Å². The zero-order valence-electron chi connectivity index (χ0n) is 24.3. The largest absolute Gasteiger partial charge is 0.0622 e. The third-order valence-electron chi connectivity index (χ3n) is 9.55. The van der Waals surface area contributed by atoms with E-state index in [4.69, 9.17) is 0 Å². The Hall–Kier alpha value is -3.04. The molecule has 2 fully saturated rings. The highest BCUT2D eigenvalue weighted by Gasteiger charge is 2.41. The normalized spacial score (nSPS) is 22.1. The van der Waals surface area contributed by atoms with Crippen LogP contribution in [-0.4, -0.2) is 11.3 Å². The van der Waals surface area contributed by atoms with E-state index in [0.717, 1.165) is 0 Å². The fraction of sp³-hybridized carbons (Fsp3) is 0.250. The predicted octanol–water partition coefficient (Wildman–Crippen LogP) is 9.22. The average molecular weight is 583 g/mol.